The number of carbonyl (C=O) groups excluding carboxylic acids is 2. The maximum absolute atomic E-state index is 13.2. The molecule has 0 bridgehead atoms. The second-order valence-corrected chi connectivity index (χ2v) is 7.99. The highest BCUT2D eigenvalue weighted by Gasteiger charge is 2.34. The smallest absolute Gasteiger partial charge is 0.416 e. The molecule has 0 saturated carbocycles. The van der Waals surface area contributed by atoms with Crippen molar-refractivity contribution in [3.63, 3.8) is 0 Å². The largest absolute Gasteiger partial charge is 0.497 e. The maximum Gasteiger partial charge on any atom is 0.416 e. The summed E-state index contributed by atoms with van der Waals surface area (Å²) in [6, 6.07) is 3.53. The number of benzene rings is 1. The molecule has 0 aromatic heterocycles. The zero-order chi connectivity index (χ0) is 21.8. The predicted molar refractivity (Wildman–Crippen MR) is 97.9 cm³/mol. The van der Waals surface area contributed by atoms with E-state index in [0.29, 0.717) is 0 Å². The third kappa shape index (κ3) is 8.06. The first-order chi connectivity index (χ1) is 12.6. The number of halogens is 3. The number of amides is 2. The molecule has 0 unspecified atom stereocenters. The van der Waals surface area contributed by atoms with E-state index >= 15 is 0 Å². The van der Waals surface area contributed by atoms with E-state index in [1.165, 1.54) is 19.2 Å². The second kappa shape index (κ2) is 8.70. The van der Waals surface area contributed by atoms with Crippen LogP contribution >= 0.6 is 0 Å². The molecule has 0 spiro atoms. The molecule has 0 aliphatic carbocycles. The van der Waals surface area contributed by atoms with Gasteiger partial charge in [0.05, 0.1) is 12.7 Å². The van der Waals surface area contributed by atoms with Crippen LogP contribution in [-0.4, -0.2) is 30.3 Å². The van der Waals surface area contributed by atoms with E-state index in [0.717, 1.165) is 6.07 Å². The molecule has 0 saturated heterocycles. The van der Waals surface area contributed by atoms with Crippen LogP contribution in [0.3, 0.4) is 0 Å². The van der Waals surface area contributed by atoms with Crippen LogP contribution in [0.1, 0.15) is 52.2 Å². The average Bonchev–Trinajstić information content (AvgIpc) is 2.48. The molecule has 9 heteroatoms. The van der Waals surface area contributed by atoms with Crippen molar-refractivity contribution in [3.8, 4) is 5.75 Å². The molecule has 28 heavy (non-hydrogen) atoms. The first-order valence-corrected chi connectivity index (χ1v) is 8.65. The Bertz CT molecular complexity index is 710. The van der Waals surface area contributed by atoms with E-state index in [2.05, 4.69) is 10.6 Å². The highest BCUT2D eigenvalue weighted by atomic mass is 19.4. The fraction of sp³-hybridized carbons (Fsp3) is 0.579. The summed E-state index contributed by atoms with van der Waals surface area (Å²) in [7, 11) is 1.27. The minimum absolute atomic E-state index is 0.0742. The molecule has 0 radical (unpaired) electrons. The van der Waals surface area contributed by atoms with Crippen LogP contribution in [0.15, 0.2) is 18.2 Å². The van der Waals surface area contributed by atoms with Crippen molar-refractivity contribution in [1.29, 1.82) is 0 Å². The Morgan fingerprint density at radius 3 is 2.18 bits per heavy atom. The van der Waals surface area contributed by atoms with Crippen LogP contribution in [0.25, 0.3) is 0 Å². The molecular weight excluding hydrogens is 377 g/mol. The lowest BCUT2D eigenvalue weighted by Crippen LogP contribution is -2.48. The zero-order valence-corrected chi connectivity index (χ0v) is 16.9. The Kier molecular flexibility index (Phi) is 7.33. The number of nitrogens with one attached hydrogen (secondary N) is 2. The van der Waals surface area contributed by atoms with Gasteiger partial charge in [0, 0.05) is 18.5 Å². The fourth-order valence-electron chi connectivity index (χ4n) is 2.38. The van der Waals surface area contributed by atoms with Crippen molar-refractivity contribution in [1.82, 2.24) is 10.6 Å². The first kappa shape index (κ1) is 23.6. The predicted octanol–water partition coefficient (Wildman–Crippen LogP) is 4.02. The Hall–Kier alpha value is -2.45. The molecule has 1 aromatic rings. The van der Waals surface area contributed by atoms with E-state index in [9.17, 15) is 22.8 Å². The number of hydrogen-bond acceptors (Lipinski definition) is 4. The summed E-state index contributed by atoms with van der Waals surface area (Å²) in [5.41, 5.74) is -2.60. The Morgan fingerprint density at radius 1 is 1.07 bits per heavy atom. The van der Waals surface area contributed by atoms with Crippen molar-refractivity contribution in [2.24, 2.45) is 0 Å². The molecule has 0 aliphatic heterocycles. The van der Waals surface area contributed by atoms with Gasteiger partial charge in [-0.1, -0.05) is 6.07 Å². The van der Waals surface area contributed by atoms with Crippen LogP contribution in [0.2, 0.25) is 0 Å². The monoisotopic (exact) mass is 404 g/mol. The second-order valence-electron chi connectivity index (χ2n) is 7.99. The van der Waals surface area contributed by atoms with Crippen LogP contribution < -0.4 is 15.4 Å². The standard InChI is InChI=1S/C19H27F3N2O4/c1-17(2,3)28-16(26)24-18(4,5)10-15(25)23-11-12-7-8-13(27-6)9-14(12)19(20,21)22/h7-9H,10-11H2,1-6H3,(H,23,25)(H,24,26). The fourth-order valence-corrected chi connectivity index (χ4v) is 2.38. The Morgan fingerprint density at radius 2 is 1.68 bits per heavy atom. The van der Waals surface area contributed by atoms with Gasteiger partial charge in [-0.25, -0.2) is 4.79 Å². The van der Waals surface area contributed by atoms with E-state index in [1.54, 1.807) is 34.6 Å². The van der Waals surface area contributed by atoms with E-state index in [1.807, 2.05) is 0 Å². The van der Waals surface area contributed by atoms with Gasteiger partial charge in [0.2, 0.25) is 5.91 Å². The molecule has 158 valence electrons. The van der Waals surface area contributed by atoms with Crippen LogP contribution in [-0.2, 0) is 22.3 Å². The van der Waals surface area contributed by atoms with Gasteiger partial charge in [-0.15, -0.1) is 0 Å². The molecule has 2 N–H and O–H groups in total. The third-order valence-corrected chi connectivity index (χ3v) is 3.54. The number of ether oxygens (including phenoxy) is 2. The molecule has 0 heterocycles. The summed E-state index contributed by atoms with van der Waals surface area (Å²) in [5, 5.41) is 5.03. The average molecular weight is 404 g/mol. The summed E-state index contributed by atoms with van der Waals surface area (Å²) in [4.78, 5) is 24.0. The van der Waals surface area contributed by atoms with Gasteiger partial charge in [-0.3, -0.25) is 4.79 Å². The maximum atomic E-state index is 13.2. The number of alkyl halides is 3. The molecule has 0 aliphatic rings. The Labute approximate surface area is 162 Å². The summed E-state index contributed by atoms with van der Waals surface area (Å²) in [6.45, 7) is 8.05. The highest BCUT2D eigenvalue weighted by Crippen LogP contribution is 2.34. The summed E-state index contributed by atoms with van der Waals surface area (Å²) >= 11 is 0. The summed E-state index contributed by atoms with van der Waals surface area (Å²) in [6.07, 6.45) is -5.39. The zero-order valence-electron chi connectivity index (χ0n) is 16.9. The number of rotatable bonds is 6. The van der Waals surface area contributed by atoms with Crippen molar-refractivity contribution in [3.05, 3.63) is 29.3 Å². The number of alkyl carbamates (subject to hydrolysis) is 1. The lowest BCUT2D eigenvalue weighted by Gasteiger charge is -2.28. The van der Waals surface area contributed by atoms with E-state index in [-0.39, 0.29) is 24.3 Å². The number of carbonyl (C=O) groups is 2. The number of methoxy groups -OCH3 is 1. The molecule has 1 aromatic carbocycles. The van der Waals surface area contributed by atoms with Gasteiger partial charge in [0.1, 0.15) is 11.4 Å². The van der Waals surface area contributed by atoms with Crippen LogP contribution in [0.5, 0.6) is 5.75 Å². The molecule has 2 amide bonds. The highest BCUT2D eigenvalue weighted by molar-refractivity contribution is 5.78. The van der Waals surface area contributed by atoms with Crippen molar-refractivity contribution < 1.29 is 32.2 Å². The molecule has 0 atom stereocenters. The van der Waals surface area contributed by atoms with E-state index in [4.69, 9.17) is 9.47 Å². The minimum Gasteiger partial charge on any atom is -0.497 e. The first-order valence-electron chi connectivity index (χ1n) is 8.65. The summed E-state index contributed by atoms with van der Waals surface area (Å²) in [5.74, 6) is -0.435. The van der Waals surface area contributed by atoms with Gasteiger partial charge in [-0.05, 0) is 52.3 Å². The van der Waals surface area contributed by atoms with Gasteiger partial charge in [-0.2, -0.15) is 13.2 Å². The van der Waals surface area contributed by atoms with Gasteiger partial charge in [0.15, 0.2) is 0 Å². The quantitative estimate of drug-likeness (QED) is 0.751. The molecule has 6 nitrogen and oxygen atoms in total. The van der Waals surface area contributed by atoms with Gasteiger partial charge in [0.25, 0.3) is 0 Å². The molecule has 0 fully saturated rings. The minimum atomic E-state index is -4.58. The van der Waals surface area contributed by atoms with Gasteiger partial charge < -0.3 is 20.1 Å². The van der Waals surface area contributed by atoms with Crippen LogP contribution in [0, 0.1) is 0 Å². The molecule has 1 rings (SSSR count). The lowest BCUT2D eigenvalue weighted by molar-refractivity contribution is -0.138. The normalized spacial score (nSPS) is 12.3. The molecular formula is C19H27F3N2O4. The van der Waals surface area contributed by atoms with Crippen molar-refractivity contribution in [2.75, 3.05) is 7.11 Å². The summed E-state index contributed by atoms with van der Waals surface area (Å²) < 4.78 is 49.6. The van der Waals surface area contributed by atoms with Gasteiger partial charge >= 0.3 is 12.3 Å². The van der Waals surface area contributed by atoms with Crippen LogP contribution in [0.4, 0.5) is 18.0 Å². The SMILES string of the molecule is COc1ccc(CNC(=O)CC(C)(C)NC(=O)OC(C)(C)C)c(C(F)(F)F)c1. The number of hydrogen-bond donors (Lipinski definition) is 2. The Balaban J connectivity index is 2.73. The lowest BCUT2D eigenvalue weighted by atomic mass is 10.00. The topological polar surface area (TPSA) is 76.7 Å². The van der Waals surface area contributed by atoms with Crippen molar-refractivity contribution in [2.45, 2.75) is 64.9 Å². The van der Waals surface area contributed by atoms with Crippen molar-refractivity contribution >= 4 is 12.0 Å². The van der Waals surface area contributed by atoms with E-state index < -0.39 is 34.9 Å². The third-order valence-electron chi connectivity index (χ3n) is 3.54.